The average Bonchev–Trinajstić information content (AvgIpc) is 2.84. The zero-order valence-electron chi connectivity index (χ0n) is 14.2. The van der Waals surface area contributed by atoms with Crippen molar-refractivity contribution >= 4 is 38.5 Å². The van der Waals surface area contributed by atoms with E-state index in [1.54, 1.807) is 0 Å². The Kier molecular flexibility index (Phi) is 3.38. The fourth-order valence-corrected chi connectivity index (χ4v) is 4.23. The first-order chi connectivity index (χ1) is 12.4. The number of nitrogens with zero attached hydrogens (tertiary/aromatic N) is 3. The monoisotopic (exact) mass is 331 g/mol. The van der Waals surface area contributed by atoms with E-state index < -0.39 is 0 Å². The van der Waals surface area contributed by atoms with Gasteiger partial charge in [-0.05, 0) is 25.0 Å². The normalized spacial score (nSPS) is 14.5. The fraction of sp³-hybridized carbons (Fsp3) is 0.286. The number of hydrogen-bond donors (Lipinski definition) is 1. The number of rotatable bonds is 3. The number of pyridine rings is 1. The summed E-state index contributed by atoms with van der Waals surface area (Å²) in [5.74, 6) is 0. The molecule has 5 rings (SSSR count). The van der Waals surface area contributed by atoms with Gasteiger partial charge in [0.05, 0.1) is 27.8 Å². The minimum atomic E-state index is 0.228. The molecular formula is C21H21N3O. The Morgan fingerprint density at radius 2 is 1.76 bits per heavy atom. The van der Waals surface area contributed by atoms with Gasteiger partial charge in [-0.15, -0.1) is 0 Å². The van der Waals surface area contributed by atoms with Crippen LogP contribution in [0.1, 0.15) is 12.8 Å². The van der Waals surface area contributed by atoms with Gasteiger partial charge in [0, 0.05) is 37.0 Å². The Hall–Kier alpha value is -2.59. The van der Waals surface area contributed by atoms with Gasteiger partial charge in [0.25, 0.3) is 0 Å². The number of benzene rings is 2. The molecule has 126 valence electrons. The molecule has 0 spiro atoms. The summed E-state index contributed by atoms with van der Waals surface area (Å²) < 4.78 is 2.44. The summed E-state index contributed by atoms with van der Waals surface area (Å²) >= 11 is 0. The van der Waals surface area contributed by atoms with Crippen LogP contribution in [0.3, 0.4) is 0 Å². The second-order valence-corrected chi connectivity index (χ2v) is 6.76. The van der Waals surface area contributed by atoms with Gasteiger partial charge < -0.3 is 14.6 Å². The summed E-state index contributed by atoms with van der Waals surface area (Å²) in [7, 11) is 0. The highest BCUT2D eigenvalue weighted by molar-refractivity contribution is 6.16. The molecule has 0 amide bonds. The zero-order chi connectivity index (χ0) is 16.8. The van der Waals surface area contributed by atoms with Crippen LogP contribution in [0.2, 0.25) is 0 Å². The maximum absolute atomic E-state index is 9.34. The average molecular weight is 331 g/mol. The van der Waals surface area contributed by atoms with Crippen molar-refractivity contribution in [1.29, 1.82) is 0 Å². The molecule has 4 aromatic rings. The smallest absolute Gasteiger partial charge is 0.0988 e. The first-order valence-corrected chi connectivity index (χ1v) is 9.04. The summed E-state index contributed by atoms with van der Waals surface area (Å²) in [6.07, 6.45) is 1.89. The second-order valence-electron chi connectivity index (χ2n) is 6.76. The number of aliphatic hydroxyl groups excluding tert-OH is 1. The van der Waals surface area contributed by atoms with Crippen LogP contribution < -0.4 is 4.90 Å². The van der Waals surface area contributed by atoms with Crippen LogP contribution >= 0.6 is 0 Å². The van der Waals surface area contributed by atoms with E-state index in [0.29, 0.717) is 0 Å². The molecule has 3 heterocycles. The molecular weight excluding hydrogens is 310 g/mol. The topological polar surface area (TPSA) is 41.3 Å². The Morgan fingerprint density at radius 1 is 0.960 bits per heavy atom. The zero-order valence-corrected chi connectivity index (χ0v) is 14.2. The molecule has 4 nitrogen and oxygen atoms in total. The molecule has 2 aromatic heterocycles. The summed E-state index contributed by atoms with van der Waals surface area (Å²) in [6, 6.07) is 17.0. The number of hydrogen-bond acceptors (Lipinski definition) is 3. The maximum Gasteiger partial charge on any atom is 0.0988 e. The summed E-state index contributed by atoms with van der Waals surface area (Å²) in [5, 5.41) is 11.8. The van der Waals surface area contributed by atoms with E-state index in [1.807, 2.05) is 0 Å². The number of anilines is 1. The fourth-order valence-electron chi connectivity index (χ4n) is 4.23. The van der Waals surface area contributed by atoms with Crippen LogP contribution in [-0.4, -0.2) is 34.4 Å². The van der Waals surface area contributed by atoms with Crippen molar-refractivity contribution in [2.45, 2.75) is 19.4 Å². The molecule has 0 saturated heterocycles. The van der Waals surface area contributed by atoms with Gasteiger partial charge in [-0.1, -0.05) is 36.4 Å². The molecule has 0 aliphatic carbocycles. The van der Waals surface area contributed by atoms with Gasteiger partial charge in [0.1, 0.15) is 0 Å². The van der Waals surface area contributed by atoms with Gasteiger partial charge in [-0.25, -0.2) is 4.98 Å². The van der Waals surface area contributed by atoms with Crippen molar-refractivity contribution in [1.82, 2.24) is 9.55 Å². The molecule has 0 saturated carbocycles. The largest absolute Gasteiger partial charge is 0.396 e. The van der Waals surface area contributed by atoms with Crippen LogP contribution in [0, 0.1) is 0 Å². The molecule has 1 aliphatic heterocycles. The van der Waals surface area contributed by atoms with E-state index >= 15 is 0 Å². The van der Waals surface area contributed by atoms with Crippen molar-refractivity contribution < 1.29 is 5.11 Å². The van der Waals surface area contributed by atoms with Gasteiger partial charge in [-0.3, -0.25) is 0 Å². The van der Waals surface area contributed by atoms with E-state index in [4.69, 9.17) is 4.98 Å². The van der Waals surface area contributed by atoms with Gasteiger partial charge in [0.15, 0.2) is 0 Å². The second kappa shape index (κ2) is 5.74. The van der Waals surface area contributed by atoms with Crippen molar-refractivity contribution in [2.24, 2.45) is 0 Å². The van der Waals surface area contributed by atoms with Crippen LogP contribution in [0.25, 0.3) is 32.8 Å². The number of para-hydroxylation sites is 2. The van der Waals surface area contributed by atoms with E-state index in [2.05, 4.69) is 58.0 Å². The van der Waals surface area contributed by atoms with Crippen LogP contribution in [0.5, 0.6) is 0 Å². The Labute approximate surface area is 146 Å². The van der Waals surface area contributed by atoms with Crippen molar-refractivity contribution in [2.75, 3.05) is 24.6 Å². The number of aliphatic hydroxyl groups is 1. The van der Waals surface area contributed by atoms with Gasteiger partial charge >= 0.3 is 0 Å². The number of aryl methyl sites for hydroxylation is 1. The van der Waals surface area contributed by atoms with Crippen LogP contribution in [0.15, 0.2) is 48.5 Å². The lowest BCUT2D eigenvalue weighted by atomic mass is 10.1. The highest BCUT2D eigenvalue weighted by Crippen LogP contribution is 2.40. The molecule has 4 heteroatoms. The lowest BCUT2D eigenvalue weighted by Gasteiger charge is -2.25. The SMILES string of the molecule is OCCCN1CCCn2c3ccccc3c3nc4ccccc4c1c32. The predicted molar refractivity (Wildman–Crippen MR) is 103 cm³/mol. The molecule has 0 fully saturated rings. The minimum Gasteiger partial charge on any atom is -0.396 e. The van der Waals surface area contributed by atoms with Crippen molar-refractivity contribution in [3.8, 4) is 0 Å². The molecule has 1 aliphatic rings. The molecule has 1 N–H and O–H groups in total. The lowest BCUT2D eigenvalue weighted by Crippen LogP contribution is -2.26. The third-order valence-electron chi connectivity index (χ3n) is 5.27. The number of fused-ring (bicyclic) bond motifs is 5. The summed E-state index contributed by atoms with van der Waals surface area (Å²) in [4.78, 5) is 7.48. The van der Waals surface area contributed by atoms with E-state index in [-0.39, 0.29) is 6.61 Å². The Morgan fingerprint density at radius 3 is 2.64 bits per heavy atom. The molecule has 2 aromatic carbocycles. The summed E-state index contributed by atoms with van der Waals surface area (Å²) in [6.45, 7) is 3.12. The van der Waals surface area contributed by atoms with Gasteiger partial charge in [-0.2, -0.15) is 0 Å². The van der Waals surface area contributed by atoms with Crippen LogP contribution in [-0.2, 0) is 6.54 Å². The molecule has 0 atom stereocenters. The third kappa shape index (κ3) is 2.14. The first-order valence-electron chi connectivity index (χ1n) is 9.04. The maximum atomic E-state index is 9.34. The van der Waals surface area contributed by atoms with E-state index in [9.17, 15) is 5.11 Å². The highest BCUT2D eigenvalue weighted by atomic mass is 16.3. The first kappa shape index (κ1) is 14.7. The lowest BCUT2D eigenvalue weighted by molar-refractivity contribution is 0.289. The quantitative estimate of drug-likeness (QED) is 0.618. The van der Waals surface area contributed by atoms with Gasteiger partial charge in [0.2, 0.25) is 0 Å². The van der Waals surface area contributed by atoms with E-state index in [0.717, 1.165) is 43.5 Å². The molecule has 25 heavy (non-hydrogen) atoms. The molecule has 0 bridgehead atoms. The number of aromatic nitrogens is 2. The third-order valence-corrected chi connectivity index (χ3v) is 5.27. The Bertz CT molecular complexity index is 1080. The standard InChI is InChI=1S/C21H21N3O/c25-14-6-12-23-11-5-13-24-18-10-4-2-8-16(18)19-21(24)20(23)15-7-1-3-9-17(15)22-19/h1-4,7-10,25H,5-6,11-14H2. The van der Waals surface area contributed by atoms with Crippen molar-refractivity contribution in [3.63, 3.8) is 0 Å². The summed E-state index contributed by atoms with van der Waals surface area (Å²) in [5.41, 5.74) is 5.94. The Balaban J connectivity index is 1.95. The van der Waals surface area contributed by atoms with Crippen LogP contribution in [0.4, 0.5) is 5.69 Å². The minimum absolute atomic E-state index is 0.228. The predicted octanol–water partition coefficient (Wildman–Crippen LogP) is 3.94. The van der Waals surface area contributed by atoms with E-state index in [1.165, 1.54) is 27.5 Å². The highest BCUT2D eigenvalue weighted by Gasteiger charge is 2.23. The molecule has 0 radical (unpaired) electrons. The molecule has 0 unspecified atom stereocenters. The van der Waals surface area contributed by atoms with Crippen molar-refractivity contribution in [3.05, 3.63) is 48.5 Å².